The summed E-state index contributed by atoms with van der Waals surface area (Å²) < 4.78 is 9.60. The zero-order valence-electron chi connectivity index (χ0n) is 10.1. The summed E-state index contributed by atoms with van der Waals surface area (Å²) >= 11 is 0. The Morgan fingerprint density at radius 2 is 1.94 bits per heavy atom. The van der Waals surface area contributed by atoms with Crippen molar-refractivity contribution in [3.63, 3.8) is 0 Å². The van der Waals surface area contributed by atoms with Crippen molar-refractivity contribution in [1.29, 1.82) is 0 Å². The lowest BCUT2D eigenvalue weighted by molar-refractivity contribution is -0.143. The van der Waals surface area contributed by atoms with Gasteiger partial charge in [-0.25, -0.2) is 0 Å². The maximum Gasteiger partial charge on any atom is 0.305 e. The molecular weight excluding hydrogens is 210 g/mol. The predicted octanol–water partition coefficient (Wildman–Crippen LogP) is 0.872. The van der Waals surface area contributed by atoms with E-state index in [4.69, 9.17) is 9.47 Å². The number of esters is 1. The second-order valence-corrected chi connectivity index (χ2v) is 3.35. The molecule has 16 heavy (non-hydrogen) atoms. The van der Waals surface area contributed by atoms with Gasteiger partial charge in [0.1, 0.15) is 0 Å². The third kappa shape index (κ3) is 9.45. The highest BCUT2D eigenvalue weighted by Gasteiger charge is 2.03. The monoisotopic (exact) mass is 231 g/mol. The Bertz CT molecular complexity index is 206. The van der Waals surface area contributed by atoms with Crippen LogP contribution in [0.5, 0.6) is 0 Å². The van der Waals surface area contributed by atoms with Gasteiger partial charge in [-0.3, -0.25) is 9.59 Å². The van der Waals surface area contributed by atoms with Crippen LogP contribution < -0.4 is 5.32 Å². The molecule has 0 aliphatic heterocycles. The fourth-order valence-electron chi connectivity index (χ4n) is 1.16. The van der Waals surface area contributed by atoms with E-state index in [1.807, 2.05) is 0 Å². The molecule has 0 aliphatic rings. The lowest BCUT2D eigenvalue weighted by atomic mass is 10.3. The van der Waals surface area contributed by atoms with Gasteiger partial charge in [0.2, 0.25) is 5.91 Å². The third-order valence-electron chi connectivity index (χ3n) is 1.94. The molecule has 0 saturated heterocycles. The van der Waals surface area contributed by atoms with Crippen LogP contribution in [0.3, 0.4) is 0 Å². The Morgan fingerprint density at radius 3 is 2.56 bits per heavy atom. The summed E-state index contributed by atoms with van der Waals surface area (Å²) in [5, 5.41) is 2.74. The van der Waals surface area contributed by atoms with Crippen LogP contribution in [0.15, 0.2) is 0 Å². The molecule has 0 rings (SSSR count). The Hall–Kier alpha value is -1.10. The van der Waals surface area contributed by atoms with E-state index in [1.165, 1.54) is 0 Å². The molecular formula is C11H21NO4. The molecule has 1 amide bonds. The quantitative estimate of drug-likeness (QED) is 0.472. The molecule has 0 saturated carbocycles. The summed E-state index contributed by atoms with van der Waals surface area (Å²) in [5.74, 6) is -0.211. The Kier molecular flexibility index (Phi) is 9.70. The van der Waals surface area contributed by atoms with Gasteiger partial charge < -0.3 is 14.8 Å². The maximum absolute atomic E-state index is 11.2. The van der Waals surface area contributed by atoms with E-state index in [1.54, 1.807) is 14.0 Å². The summed E-state index contributed by atoms with van der Waals surface area (Å²) in [6.45, 7) is 3.29. The van der Waals surface area contributed by atoms with E-state index < -0.39 is 0 Å². The zero-order chi connectivity index (χ0) is 12.2. The summed E-state index contributed by atoms with van der Waals surface area (Å²) in [4.78, 5) is 22.2. The van der Waals surface area contributed by atoms with Gasteiger partial charge in [-0.2, -0.15) is 0 Å². The van der Waals surface area contributed by atoms with Crippen molar-refractivity contribution >= 4 is 11.9 Å². The minimum Gasteiger partial charge on any atom is -0.466 e. The Labute approximate surface area is 96.5 Å². The number of methoxy groups -OCH3 is 1. The minimum absolute atomic E-state index is 0.000842. The second kappa shape index (κ2) is 10.4. The molecule has 0 aromatic heterocycles. The fraction of sp³-hybridized carbons (Fsp3) is 0.818. The highest BCUT2D eigenvalue weighted by atomic mass is 16.5. The van der Waals surface area contributed by atoms with E-state index in [9.17, 15) is 9.59 Å². The van der Waals surface area contributed by atoms with Crippen LogP contribution in [0.2, 0.25) is 0 Å². The summed E-state index contributed by atoms with van der Waals surface area (Å²) in [6, 6.07) is 0. The van der Waals surface area contributed by atoms with Crippen molar-refractivity contribution < 1.29 is 19.1 Å². The first-order chi connectivity index (χ1) is 7.70. The molecule has 5 nitrogen and oxygen atoms in total. The highest BCUT2D eigenvalue weighted by molar-refractivity contribution is 5.75. The SMILES string of the molecule is CCOC(=O)CCCNC(=O)CCCOC. The number of hydrogen-bond donors (Lipinski definition) is 1. The van der Waals surface area contributed by atoms with Gasteiger partial charge in [0.15, 0.2) is 0 Å². The van der Waals surface area contributed by atoms with Crippen LogP contribution in [0.25, 0.3) is 0 Å². The molecule has 0 fully saturated rings. The van der Waals surface area contributed by atoms with Gasteiger partial charge in [-0.05, 0) is 19.8 Å². The average molecular weight is 231 g/mol. The topological polar surface area (TPSA) is 64.6 Å². The summed E-state index contributed by atoms with van der Waals surface area (Å²) in [6.07, 6.45) is 2.16. The van der Waals surface area contributed by atoms with Gasteiger partial charge in [0.25, 0.3) is 0 Å². The zero-order valence-corrected chi connectivity index (χ0v) is 10.1. The van der Waals surface area contributed by atoms with Gasteiger partial charge in [-0.1, -0.05) is 0 Å². The first-order valence-electron chi connectivity index (χ1n) is 5.62. The van der Waals surface area contributed by atoms with Crippen molar-refractivity contribution in [1.82, 2.24) is 5.32 Å². The van der Waals surface area contributed by atoms with E-state index in [0.29, 0.717) is 39.0 Å². The smallest absolute Gasteiger partial charge is 0.305 e. The molecule has 0 aliphatic carbocycles. The van der Waals surface area contributed by atoms with Crippen molar-refractivity contribution in [2.24, 2.45) is 0 Å². The molecule has 0 spiro atoms. The van der Waals surface area contributed by atoms with Gasteiger partial charge in [-0.15, -0.1) is 0 Å². The lowest BCUT2D eigenvalue weighted by Gasteiger charge is -2.04. The normalized spacial score (nSPS) is 9.88. The van der Waals surface area contributed by atoms with Gasteiger partial charge in [0.05, 0.1) is 6.61 Å². The van der Waals surface area contributed by atoms with E-state index in [2.05, 4.69) is 5.32 Å². The van der Waals surface area contributed by atoms with Crippen LogP contribution in [0, 0.1) is 0 Å². The standard InChI is InChI=1S/C11H21NO4/c1-3-16-11(14)7-4-8-12-10(13)6-5-9-15-2/h3-9H2,1-2H3,(H,12,13). The molecule has 94 valence electrons. The summed E-state index contributed by atoms with van der Waals surface area (Å²) in [7, 11) is 1.61. The van der Waals surface area contributed by atoms with Crippen molar-refractivity contribution in [3.05, 3.63) is 0 Å². The number of ether oxygens (including phenoxy) is 2. The van der Waals surface area contributed by atoms with Crippen LogP contribution in [-0.2, 0) is 19.1 Å². The van der Waals surface area contributed by atoms with E-state index in [0.717, 1.165) is 6.42 Å². The molecule has 0 radical (unpaired) electrons. The third-order valence-corrected chi connectivity index (χ3v) is 1.94. The number of carbonyl (C=O) groups excluding carboxylic acids is 2. The van der Waals surface area contributed by atoms with Crippen LogP contribution in [0.4, 0.5) is 0 Å². The summed E-state index contributed by atoms with van der Waals surface area (Å²) in [5.41, 5.74) is 0. The molecule has 5 heteroatoms. The number of hydrogen-bond acceptors (Lipinski definition) is 4. The molecule has 0 atom stereocenters. The first kappa shape index (κ1) is 14.9. The van der Waals surface area contributed by atoms with E-state index >= 15 is 0 Å². The maximum atomic E-state index is 11.2. The molecule has 0 aromatic carbocycles. The van der Waals surface area contributed by atoms with Crippen molar-refractivity contribution in [2.75, 3.05) is 26.9 Å². The first-order valence-corrected chi connectivity index (χ1v) is 5.62. The molecule has 0 aromatic rings. The average Bonchev–Trinajstić information content (AvgIpc) is 2.25. The van der Waals surface area contributed by atoms with Gasteiger partial charge in [0, 0.05) is 33.1 Å². The number of rotatable bonds is 9. The fourth-order valence-corrected chi connectivity index (χ4v) is 1.16. The Balaban J connectivity index is 3.30. The predicted molar refractivity (Wildman–Crippen MR) is 60.0 cm³/mol. The van der Waals surface area contributed by atoms with Crippen LogP contribution in [-0.4, -0.2) is 38.7 Å². The number of nitrogens with one attached hydrogen (secondary N) is 1. The largest absolute Gasteiger partial charge is 0.466 e. The van der Waals surface area contributed by atoms with Crippen molar-refractivity contribution in [2.45, 2.75) is 32.6 Å². The van der Waals surface area contributed by atoms with Crippen LogP contribution >= 0.6 is 0 Å². The second-order valence-electron chi connectivity index (χ2n) is 3.35. The highest BCUT2D eigenvalue weighted by Crippen LogP contribution is 1.93. The van der Waals surface area contributed by atoms with E-state index in [-0.39, 0.29) is 11.9 Å². The minimum atomic E-state index is -0.212. The molecule has 0 unspecified atom stereocenters. The van der Waals surface area contributed by atoms with Crippen LogP contribution in [0.1, 0.15) is 32.6 Å². The number of amides is 1. The molecule has 0 bridgehead atoms. The van der Waals surface area contributed by atoms with Gasteiger partial charge >= 0.3 is 5.97 Å². The lowest BCUT2D eigenvalue weighted by Crippen LogP contribution is -2.25. The Morgan fingerprint density at radius 1 is 1.19 bits per heavy atom. The molecule has 0 heterocycles. The molecule has 1 N–H and O–H groups in total. The number of carbonyl (C=O) groups is 2. The van der Waals surface area contributed by atoms with Crippen molar-refractivity contribution in [3.8, 4) is 0 Å².